The van der Waals surface area contributed by atoms with E-state index < -0.39 is 21.8 Å². The Kier molecular flexibility index (Phi) is 7.29. The van der Waals surface area contributed by atoms with Crippen molar-refractivity contribution in [2.24, 2.45) is 0 Å². The highest BCUT2D eigenvalue weighted by Crippen LogP contribution is 2.37. The monoisotopic (exact) mass is 514 g/mol. The molecule has 1 aliphatic rings. The van der Waals surface area contributed by atoms with Crippen LogP contribution in [-0.4, -0.2) is 32.2 Å². The number of imide groups is 1. The zero-order valence-corrected chi connectivity index (χ0v) is 21.8. The van der Waals surface area contributed by atoms with Crippen molar-refractivity contribution in [3.05, 3.63) is 94.4 Å². The number of allylic oxidation sites excluding steroid dienone is 3. The summed E-state index contributed by atoms with van der Waals surface area (Å²) in [5.74, 6) is -1.05. The maximum atomic E-state index is 13.4. The topological polar surface area (TPSA) is 92.8 Å². The lowest BCUT2D eigenvalue weighted by Crippen LogP contribution is -2.28. The normalized spacial score (nSPS) is 14.7. The lowest BCUT2D eigenvalue weighted by molar-refractivity contribution is 0.0709. The van der Waals surface area contributed by atoms with Gasteiger partial charge in [-0.15, -0.1) is 0 Å². The van der Waals surface area contributed by atoms with Crippen molar-refractivity contribution >= 4 is 39.1 Å². The summed E-state index contributed by atoms with van der Waals surface area (Å²) in [6.07, 6.45) is 4.46. The van der Waals surface area contributed by atoms with Gasteiger partial charge in [0.05, 0.1) is 39.5 Å². The molecule has 9 heteroatoms. The minimum atomic E-state index is -4.06. The molecule has 2 amide bonds. The first kappa shape index (κ1) is 26.2. The van der Waals surface area contributed by atoms with Gasteiger partial charge in [0.2, 0.25) is 0 Å². The Balaban J connectivity index is 2.04. The highest BCUT2D eigenvalue weighted by atomic mass is 35.5. The average molecular weight is 515 g/mol. The minimum absolute atomic E-state index is 0.0237. The van der Waals surface area contributed by atoms with E-state index in [9.17, 15) is 18.0 Å². The summed E-state index contributed by atoms with van der Waals surface area (Å²) in [7, 11) is -2.62. The van der Waals surface area contributed by atoms with E-state index in [0.29, 0.717) is 5.76 Å². The number of fused-ring (bicyclic) bond motifs is 1. The molecular weight excluding hydrogens is 488 g/mol. The summed E-state index contributed by atoms with van der Waals surface area (Å²) in [6.45, 7) is 11.4. The predicted molar refractivity (Wildman–Crippen MR) is 137 cm³/mol. The maximum absolute atomic E-state index is 13.4. The van der Waals surface area contributed by atoms with Gasteiger partial charge in [0.1, 0.15) is 5.76 Å². The molecule has 1 aliphatic heterocycles. The van der Waals surface area contributed by atoms with Crippen LogP contribution in [0.5, 0.6) is 0 Å². The standard InChI is InChI=1S/C26H27ClN2O5S/c1-7-17(15-18(8-2)34-6)29-24(30)22-20(27)13-14-21(23(22)25(29)31)28-35(32,33)19-11-9-16(10-12-19)26(3,4)5/h7-15,28H,2H2,1,3-6H3/b17-7+,18-15+. The lowest BCUT2D eigenvalue weighted by Gasteiger charge is -2.19. The molecular formula is C26H27ClN2O5S. The number of nitrogens with one attached hydrogen (secondary N) is 1. The number of amides is 2. The molecule has 0 spiro atoms. The van der Waals surface area contributed by atoms with E-state index in [0.717, 1.165) is 10.5 Å². The van der Waals surface area contributed by atoms with E-state index in [2.05, 4.69) is 11.3 Å². The summed E-state index contributed by atoms with van der Waals surface area (Å²) < 4.78 is 33.9. The Morgan fingerprint density at radius 3 is 2.17 bits per heavy atom. The van der Waals surface area contributed by atoms with Crippen LogP contribution in [0.1, 0.15) is 54.0 Å². The van der Waals surface area contributed by atoms with Crippen LogP contribution >= 0.6 is 11.6 Å². The van der Waals surface area contributed by atoms with E-state index in [1.807, 2.05) is 20.8 Å². The molecule has 0 radical (unpaired) electrons. The second kappa shape index (κ2) is 9.71. The van der Waals surface area contributed by atoms with E-state index in [4.69, 9.17) is 16.3 Å². The summed E-state index contributed by atoms with van der Waals surface area (Å²) in [5, 5.41) is 0.0356. The van der Waals surface area contributed by atoms with Crippen LogP contribution in [0, 0.1) is 0 Å². The van der Waals surface area contributed by atoms with Gasteiger partial charge in [0.25, 0.3) is 21.8 Å². The summed E-state index contributed by atoms with van der Waals surface area (Å²) >= 11 is 6.27. The molecule has 35 heavy (non-hydrogen) atoms. The predicted octanol–water partition coefficient (Wildman–Crippen LogP) is 5.65. The number of nitrogens with zero attached hydrogens (tertiary/aromatic N) is 1. The average Bonchev–Trinajstić information content (AvgIpc) is 3.07. The molecule has 2 aromatic rings. The van der Waals surface area contributed by atoms with Crippen LogP contribution in [-0.2, 0) is 20.2 Å². The Labute approximate surface area is 210 Å². The fraction of sp³-hybridized carbons (Fsp3) is 0.231. The minimum Gasteiger partial charge on any atom is -0.497 e. The van der Waals surface area contributed by atoms with Gasteiger partial charge in [-0.1, -0.05) is 57.2 Å². The van der Waals surface area contributed by atoms with Gasteiger partial charge in [0.15, 0.2) is 0 Å². The molecule has 0 aromatic heterocycles. The van der Waals surface area contributed by atoms with E-state index in [1.54, 1.807) is 25.1 Å². The number of hydrogen-bond donors (Lipinski definition) is 1. The number of carbonyl (C=O) groups is 2. The molecule has 3 rings (SSSR count). The number of ether oxygens (including phenoxy) is 1. The smallest absolute Gasteiger partial charge is 0.268 e. The number of halogens is 1. The van der Waals surface area contributed by atoms with Crippen LogP contribution in [0.4, 0.5) is 5.69 Å². The molecule has 0 saturated carbocycles. The fourth-order valence-corrected chi connectivity index (χ4v) is 4.92. The molecule has 0 bridgehead atoms. The van der Waals surface area contributed by atoms with Gasteiger partial charge in [-0.3, -0.25) is 14.3 Å². The summed E-state index contributed by atoms with van der Waals surface area (Å²) in [6, 6.07) is 9.24. The van der Waals surface area contributed by atoms with Crippen LogP contribution in [0.3, 0.4) is 0 Å². The first-order chi connectivity index (χ1) is 16.3. The summed E-state index contributed by atoms with van der Waals surface area (Å²) in [4.78, 5) is 27.6. The number of methoxy groups -OCH3 is 1. The number of rotatable bonds is 7. The van der Waals surface area contributed by atoms with Crippen molar-refractivity contribution in [1.29, 1.82) is 0 Å². The second-order valence-corrected chi connectivity index (χ2v) is 10.9. The molecule has 0 atom stereocenters. The van der Waals surface area contributed by atoms with Gasteiger partial charge >= 0.3 is 0 Å². The zero-order chi connectivity index (χ0) is 26.1. The molecule has 0 fully saturated rings. The number of hydrogen-bond acceptors (Lipinski definition) is 5. The first-order valence-electron chi connectivity index (χ1n) is 10.7. The molecule has 7 nitrogen and oxygen atoms in total. The third kappa shape index (κ3) is 5.04. The second-order valence-electron chi connectivity index (χ2n) is 8.84. The van der Waals surface area contributed by atoms with E-state index in [1.165, 1.54) is 43.5 Å². The molecule has 2 aromatic carbocycles. The van der Waals surface area contributed by atoms with Crippen molar-refractivity contribution < 1.29 is 22.7 Å². The number of carbonyl (C=O) groups excluding carboxylic acids is 2. The fourth-order valence-electron chi connectivity index (χ4n) is 3.61. The van der Waals surface area contributed by atoms with E-state index in [-0.39, 0.29) is 37.8 Å². The third-order valence-electron chi connectivity index (χ3n) is 5.54. The van der Waals surface area contributed by atoms with Gasteiger partial charge < -0.3 is 4.74 Å². The Morgan fingerprint density at radius 1 is 1.06 bits per heavy atom. The van der Waals surface area contributed by atoms with Crippen molar-refractivity contribution in [3.63, 3.8) is 0 Å². The Bertz CT molecular complexity index is 1370. The van der Waals surface area contributed by atoms with Gasteiger partial charge in [-0.05, 0) is 48.2 Å². The number of anilines is 1. The van der Waals surface area contributed by atoms with Crippen molar-refractivity contribution in [2.75, 3.05) is 11.8 Å². The molecule has 1 N–H and O–H groups in total. The highest BCUT2D eigenvalue weighted by molar-refractivity contribution is 7.92. The molecule has 184 valence electrons. The Morgan fingerprint density at radius 2 is 1.66 bits per heavy atom. The van der Waals surface area contributed by atoms with Gasteiger partial charge in [-0.2, -0.15) is 0 Å². The lowest BCUT2D eigenvalue weighted by atomic mass is 9.87. The summed E-state index contributed by atoms with van der Waals surface area (Å²) in [5.41, 5.74) is 0.821. The zero-order valence-electron chi connectivity index (χ0n) is 20.2. The molecule has 1 heterocycles. The Hall–Kier alpha value is -3.36. The van der Waals surface area contributed by atoms with E-state index >= 15 is 0 Å². The third-order valence-corrected chi connectivity index (χ3v) is 7.24. The van der Waals surface area contributed by atoms with Gasteiger partial charge in [-0.25, -0.2) is 13.3 Å². The van der Waals surface area contributed by atoms with Crippen molar-refractivity contribution in [1.82, 2.24) is 4.90 Å². The van der Waals surface area contributed by atoms with Crippen molar-refractivity contribution in [2.45, 2.75) is 38.0 Å². The quantitative estimate of drug-likeness (QED) is 0.292. The van der Waals surface area contributed by atoms with Crippen molar-refractivity contribution in [3.8, 4) is 0 Å². The first-order valence-corrected chi connectivity index (χ1v) is 12.6. The number of benzene rings is 2. The molecule has 0 saturated heterocycles. The SMILES string of the molecule is C=C/C(=C\C(=C/C)N1C(=O)c2c(Cl)ccc(NS(=O)(=O)c3ccc(C(C)(C)C)cc3)c2C1=O)OC. The maximum Gasteiger partial charge on any atom is 0.268 e. The van der Waals surface area contributed by atoms with Crippen LogP contribution in [0.2, 0.25) is 5.02 Å². The largest absolute Gasteiger partial charge is 0.497 e. The van der Waals surface area contributed by atoms with Crippen LogP contribution in [0.25, 0.3) is 0 Å². The van der Waals surface area contributed by atoms with Crippen LogP contribution in [0.15, 0.2) is 77.6 Å². The number of sulfonamides is 1. The van der Waals surface area contributed by atoms with Gasteiger partial charge in [0, 0.05) is 6.08 Å². The van der Waals surface area contributed by atoms with Crippen LogP contribution < -0.4 is 4.72 Å². The highest BCUT2D eigenvalue weighted by Gasteiger charge is 2.41. The molecule has 0 aliphatic carbocycles. The molecule has 0 unspecified atom stereocenters.